The Labute approximate surface area is 206 Å². The minimum Gasteiger partial charge on any atom is -0.467 e. The van der Waals surface area contributed by atoms with Gasteiger partial charge in [-0.2, -0.15) is 0 Å². The summed E-state index contributed by atoms with van der Waals surface area (Å²) in [5, 5.41) is 16.7. The Bertz CT molecular complexity index is 1300. The zero-order chi connectivity index (χ0) is 24.9. The first kappa shape index (κ1) is 24.2. The van der Waals surface area contributed by atoms with Crippen LogP contribution in [-0.4, -0.2) is 41.1 Å². The number of benzene rings is 2. The van der Waals surface area contributed by atoms with Crippen LogP contribution in [-0.2, 0) is 4.79 Å². The van der Waals surface area contributed by atoms with Crippen LogP contribution in [0.15, 0.2) is 65.3 Å². The fraction of sp³-hybridized carbons (Fsp3) is 0.240. The molecule has 182 valence electrons. The predicted octanol–water partition coefficient (Wildman–Crippen LogP) is 3.79. The number of aromatic nitrogens is 1. The Hall–Kier alpha value is -3.89. The molecule has 2 unspecified atom stereocenters. The predicted molar refractivity (Wildman–Crippen MR) is 138 cm³/mol. The van der Waals surface area contributed by atoms with E-state index >= 15 is 0 Å². The maximum absolute atomic E-state index is 13.0. The fourth-order valence-corrected chi connectivity index (χ4v) is 4.57. The van der Waals surface area contributed by atoms with Crippen LogP contribution in [0.4, 0.5) is 16.5 Å². The molecule has 0 fully saturated rings. The van der Waals surface area contributed by atoms with Crippen molar-refractivity contribution in [3.8, 4) is 0 Å². The van der Waals surface area contributed by atoms with Crippen LogP contribution in [0.1, 0.15) is 36.0 Å². The molecule has 0 bridgehead atoms. The normalized spacial score (nSPS) is 12.8. The summed E-state index contributed by atoms with van der Waals surface area (Å²) in [4.78, 5) is 32.2. The van der Waals surface area contributed by atoms with E-state index < -0.39 is 24.0 Å². The largest absolute Gasteiger partial charge is 0.467 e. The molecular weight excluding hydrogens is 466 g/mol. The summed E-state index contributed by atoms with van der Waals surface area (Å²) in [6, 6.07) is 14.4. The van der Waals surface area contributed by atoms with Crippen molar-refractivity contribution in [2.75, 3.05) is 29.0 Å². The van der Waals surface area contributed by atoms with Gasteiger partial charge >= 0.3 is 0 Å². The van der Waals surface area contributed by atoms with Crippen molar-refractivity contribution in [2.45, 2.75) is 26.0 Å². The molecule has 0 saturated carbocycles. The molecule has 4 aromatic rings. The minimum atomic E-state index is -1.61. The number of thiazole rings is 1. The molecule has 2 aromatic heterocycles. The molecule has 5 N–H and O–H groups in total. The molecule has 2 heterocycles. The summed E-state index contributed by atoms with van der Waals surface area (Å²) in [7, 11) is 0. The van der Waals surface area contributed by atoms with Crippen molar-refractivity contribution in [3.05, 3.63) is 72.2 Å². The summed E-state index contributed by atoms with van der Waals surface area (Å²) in [5.41, 5.74) is 8.35. The number of nitrogens with two attached hydrogens (primary N) is 1. The highest BCUT2D eigenvalue weighted by Crippen LogP contribution is 2.27. The van der Waals surface area contributed by atoms with Crippen LogP contribution >= 0.6 is 11.3 Å². The fourth-order valence-electron chi connectivity index (χ4n) is 3.80. The van der Waals surface area contributed by atoms with Crippen molar-refractivity contribution in [2.24, 2.45) is 0 Å². The lowest BCUT2D eigenvalue weighted by atomic mass is 10.1. The summed E-state index contributed by atoms with van der Waals surface area (Å²) >= 11 is 1.30. The number of carbonyl (C=O) groups is 2. The molecule has 9 nitrogen and oxygen atoms in total. The molecular formula is C25H27N5O4S. The number of carbonyl (C=O) groups excluding carboxylic acids is 2. The van der Waals surface area contributed by atoms with E-state index in [0.29, 0.717) is 16.4 Å². The average Bonchev–Trinajstić information content (AvgIpc) is 3.52. The van der Waals surface area contributed by atoms with Crippen molar-refractivity contribution in [1.29, 1.82) is 0 Å². The Morgan fingerprint density at radius 2 is 1.89 bits per heavy atom. The van der Waals surface area contributed by atoms with Gasteiger partial charge < -0.3 is 30.8 Å². The van der Waals surface area contributed by atoms with Crippen LogP contribution in [0, 0.1) is 0 Å². The van der Waals surface area contributed by atoms with Crippen molar-refractivity contribution in [3.63, 3.8) is 0 Å². The number of nitrogen functional groups attached to an aromatic ring is 1. The monoisotopic (exact) mass is 493 g/mol. The third-order valence-corrected chi connectivity index (χ3v) is 6.50. The number of aliphatic hydroxyl groups excluding tert-OH is 1. The van der Waals surface area contributed by atoms with Gasteiger partial charge in [0.1, 0.15) is 11.8 Å². The Balaban J connectivity index is 1.50. The first-order chi connectivity index (χ1) is 16.9. The zero-order valence-electron chi connectivity index (χ0n) is 19.4. The Morgan fingerprint density at radius 1 is 1.14 bits per heavy atom. The number of hydrogen-bond acceptors (Lipinski definition) is 8. The Kier molecular flexibility index (Phi) is 7.33. The highest BCUT2D eigenvalue weighted by atomic mass is 32.1. The van der Waals surface area contributed by atoms with Gasteiger partial charge in [-0.1, -0.05) is 11.3 Å². The Morgan fingerprint density at radius 3 is 2.54 bits per heavy atom. The minimum absolute atomic E-state index is 0.256. The molecule has 2 amide bonds. The molecule has 4 rings (SSSR count). The lowest BCUT2D eigenvalue weighted by Gasteiger charge is -2.23. The number of hydrogen-bond donors (Lipinski definition) is 4. The van der Waals surface area contributed by atoms with Crippen LogP contribution in [0.3, 0.4) is 0 Å². The molecule has 2 aromatic carbocycles. The number of nitrogens with zero attached hydrogens (tertiary/aromatic N) is 2. The quantitative estimate of drug-likeness (QED) is 0.279. The third kappa shape index (κ3) is 5.44. The lowest BCUT2D eigenvalue weighted by molar-refractivity contribution is -0.125. The van der Waals surface area contributed by atoms with E-state index in [0.717, 1.165) is 29.0 Å². The van der Waals surface area contributed by atoms with Crippen molar-refractivity contribution < 1.29 is 19.1 Å². The van der Waals surface area contributed by atoms with Gasteiger partial charge in [0.05, 0.1) is 16.5 Å². The van der Waals surface area contributed by atoms with Gasteiger partial charge in [0.2, 0.25) is 0 Å². The molecule has 0 radical (unpaired) electrons. The van der Waals surface area contributed by atoms with E-state index in [4.69, 9.17) is 10.2 Å². The second-order valence-corrected chi connectivity index (χ2v) is 8.92. The van der Waals surface area contributed by atoms with Gasteiger partial charge in [-0.15, -0.1) is 0 Å². The maximum Gasteiger partial charge on any atom is 0.255 e. The van der Waals surface area contributed by atoms with E-state index in [2.05, 4.69) is 34.4 Å². The average molecular weight is 494 g/mol. The van der Waals surface area contributed by atoms with E-state index in [-0.39, 0.29) is 5.76 Å². The smallest absolute Gasteiger partial charge is 0.255 e. The molecule has 0 aliphatic carbocycles. The number of amides is 2. The van der Waals surface area contributed by atoms with Gasteiger partial charge in [0, 0.05) is 30.0 Å². The lowest BCUT2D eigenvalue weighted by Crippen LogP contribution is -2.42. The van der Waals surface area contributed by atoms with E-state index in [9.17, 15) is 14.7 Å². The van der Waals surface area contributed by atoms with Crippen LogP contribution in [0.5, 0.6) is 0 Å². The molecule has 10 heteroatoms. The topological polar surface area (TPSA) is 134 Å². The van der Waals surface area contributed by atoms with Gasteiger partial charge in [0.15, 0.2) is 11.2 Å². The van der Waals surface area contributed by atoms with E-state index in [1.165, 1.54) is 17.6 Å². The second kappa shape index (κ2) is 10.6. The third-order valence-electron chi connectivity index (χ3n) is 5.65. The van der Waals surface area contributed by atoms with Crippen LogP contribution in [0.25, 0.3) is 10.2 Å². The van der Waals surface area contributed by atoms with Crippen LogP contribution in [0.2, 0.25) is 0 Å². The van der Waals surface area contributed by atoms with Crippen LogP contribution < -0.4 is 21.3 Å². The summed E-state index contributed by atoms with van der Waals surface area (Å²) in [6.07, 6.45) is -0.192. The molecule has 0 aliphatic rings. The maximum atomic E-state index is 13.0. The molecule has 0 aliphatic heterocycles. The van der Waals surface area contributed by atoms with Gasteiger partial charge in [-0.05, 0) is 68.4 Å². The van der Waals surface area contributed by atoms with Gasteiger partial charge in [-0.25, -0.2) is 4.98 Å². The number of fused-ring (bicyclic) bond motifs is 1. The molecule has 35 heavy (non-hydrogen) atoms. The highest BCUT2D eigenvalue weighted by Gasteiger charge is 2.31. The van der Waals surface area contributed by atoms with Crippen molar-refractivity contribution >= 4 is 49.9 Å². The molecule has 2 atom stereocenters. The number of anilines is 3. The SMILES string of the molecule is CCN(CC)c1ccc(C(=O)NC(c2ccco2)C(O)C(=O)Nc2ccc3nc(N)sc3c2)cc1. The number of nitrogens with one attached hydrogen (secondary N) is 2. The molecule has 0 spiro atoms. The van der Waals surface area contributed by atoms with E-state index in [1.807, 2.05) is 12.1 Å². The van der Waals surface area contributed by atoms with Crippen molar-refractivity contribution in [1.82, 2.24) is 10.3 Å². The zero-order valence-corrected chi connectivity index (χ0v) is 20.2. The van der Waals surface area contributed by atoms with Gasteiger partial charge in [-0.3, -0.25) is 9.59 Å². The molecule has 0 saturated heterocycles. The highest BCUT2D eigenvalue weighted by molar-refractivity contribution is 7.22. The second-order valence-electron chi connectivity index (χ2n) is 7.85. The summed E-state index contributed by atoms with van der Waals surface area (Å²) in [5.74, 6) is -0.877. The number of aliphatic hydroxyl groups is 1. The number of rotatable bonds is 9. The first-order valence-electron chi connectivity index (χ1n) is 11.2. The standard InChI is InChI=1S/C25H27N5O4S/c1-3-30(4-2)17-10-7-15(8-11-17)23(32)29-21(19-6-5-13-34-19)22(31)24(33)27-16-9-12-18-20(14-16)35-25(26)28-18/h5-14,21-22,31H,3-4H2,1-2H3,(H2,26,28)(H,27,33)(H,29,32). The summed E-state index contributed by atoms with van der Waals surface area (Å²) in [6.45, 7) is 5.84. The van der Waals surface area contributed by atoms with Gasteiger partial charge in [0.25, 0.3) is 11.8 Å². The number of furan rings is 1. The first-order valence-corrected chi connectivity index (χ1v) is 12.1. The van der Waals surface area contributed by atoms with E-state index in [1.54, 1.807) is 42.5 Å². The summed E-state index contributed by atoms with van der Waals surface area (Å²) < 4.78 is 6.22.